The third kappa shape index (κ3) is 4.58. The lowest BCUT2D eigenvalue weighted by atomic mass is 10.3. The van der Waals surface area contributed by atoms with Crippen LogP contribution in [-0.2, 0) is 4.79 Å². The minimum atomic E-state index is -0.0366. The minimum absolute atomic E-state index is 0.0366. The van der Waals surface area contributed by atoms with E-state index in [1.165, 1.54) is 57.2 Å². The van der Waals surface area contributed by atoms with Crippen molar-refractivity contribution in [3.8, 4) is 22.9 Å². The van der Waals surface area contributed by atoms with Gasteiger partial charge in [-0.25, -0.2) is 0 Å². The second-order valence-corrected chi connectivity index (χ2v) is 7.78. The number of hydrogen-bond acceptors (Lipinski definition) is 11. The van der Waals surface area contributed by atoms with E-state index in [-0.39, 0.29) is 28.8 Å². The van der Waals surface area contributed by atoms with Crippen LogP contribution >= 0.6 is 23.5 Å². The van der Waals surface area contributed by atoms with Crippen molar-refractivity contribution in [2.75, 3.05) is 11.5 Å². The minimum Gasteiger partial charge on any atom is -0.508 e. The molecule has 0 bridgehead atoms. The molecule has 4 aromatic rings. The monoisotopic (exact) mass is 442 g/mol. The van der Waals surface area contributed by atoms with Gasteiger partial charge in [-0.1, -0.05) is 23.5 Å². The quantitative estimate of drug-likeness (QED) is 0.383. The average Bonchev–Trinajstić information content (AvgIpc) is 3.41. The number of carbonyl (C=O) groups excluding carboxylic acids is 1. The van der Waals surface area contributed by atoms with E-state index in [4.69, 9.17) is 0 Å². The molecular formula is C17H14N8O3S2. The maximum absolute atomic E-state index is 12.4. The highest BCUT2D eigenvalue weighted by molar-refractivity contribution is 8.01. The van der Waals surface area contributed by atoms with Gasteiger partial charge in [-0.2, -0.15) is 9.36 Å². The molecule has 0 unspecified atom stereocenters. The van der Waals surface area contributed by atoms with Crippen molar-refractivity contribution in [1.29, 1.82) is 0 Å². The molecule has 0 spiro atoms. The van der Waals surface area contributed by atoms with Crippen molar-refractivity contribution < 1.29 is 15.0 Å². The van der Waals surface area contributed by atoms with Gasteiger partial charge < -0.3 is 10.2 Å². The average molecular weight is 442 g/mol. The second kappa shape index (κ2) is 8.92. The Morgan fingerprint density at radius 3 is 1.53 bits per heavy atom. The number of phenolic OH excluding ortho intramolecular Hbond substituents is 2. The summed E-state index contributed by atoms with van der Waals surface area (Å²) in [6, 6.07) is 12.8. The number of ketones is 1. The Kier molecular flexibility index (Phi) is 5.90. The molecule has 0 aliphatic rings. The Morgan fingerprint density at radius 2 is 1.13 bits per heavy atom. The summed E-state index contributed by atoms with van der Waals surface area (Å²) in [4.78, 5) is 12.4. The highest BCUT2D eigenvalue weighted by Gasteiger charge is 2.14. The standard InChI is InChI=1S/C17H14N8O3S2/c26-13-5-1-11(2-6-13)24-16(18-20-22-24)29-9-15(28)10-30-17-19-21-23-25(17)12-3-7-14(27)8-4-12/h1-8,26-27H,9-10H2. The smallest absolute Gasteiger partial charge is 0.214 e. The molecule has 2 heterocycles. The molecule has 11 nitrogen and oxygen atoms in total. The first-order valence-corrected chi connectivity index (χ1v) is 10.5. The van der Waals surface area contributed by atoms with Crippen LogP contribution in [0.5, 0.6) is 11.5 Å². The first kappa shape index (κ1) is 19.8. The third-order valence-corrected chi connectivity index (χ3v) is 5.75. The van der Waals surface area contributed by atoms with Crippen LogP contribution < -0.4 is 0 Å². The summed E-state index contributed by atoms with van der Waals surface area (Å²) in [6.45, 7) is 0. The topological polar surface area (TPSA) is 145 Å². The highest BCUT2D eigenvalue weighted by Crippen LogP contribution is 2.23. The largest absolute Gasteiger partial charge is 0.508 e. The molecule has 13 heteroatoms. The molecule has 0 aliphatic carbocycles. The van der Waals surface area contributed by atoms with Crippen molar-refractivity contribution in [2.24, 2.45) is 0 Å². The van der Waals surface area contributed by atoms with E-state index < -0.39 is 0 Å². The fourth-order valence-corrected chi connectivity index (χ4v) is 4.01. The normalized spacial score (nSPS) is 10.9. The van der Waals surface area contributed by atoms with Gasteiger partial charge in [-0.3, -0.25) is 4.79 Å². The summed E-state index contributed by atoms with van der Waals surface area (Å²) in [7, 11) is 0. The zero-order valence-electron chi connectivity index (χ0n) is 15.2. The van der Waals surface area contributed by atoms with Crippen LogP contribution in [0.3, 0.4) is 0 Å². The van der Waals surface area contributed by atoms with E-state index in [9.17, 15) is 15.0 Å². The van der Waals surface area contributed by atoms with E-state index in [2.05, 4.69) is 31.1 Å². The number of benzene rings is 2. The summed E-state index contributed by atoms with van der Waals surface area (Å²) in [6.07, 6.45) is 0. The number of Topliss-reactive ketones (excluding diaryl/α,β-unsaturated/α-hetero) is 1. The fraction of sp³-hybridized carbons (Fsp3) is 0.118. The number of hydrogen-bond donors (Lipinski definition) is 2. The van der Waals surface area contributed by atoms with Crippen LogP contribution in [0, 0.1) is 0 Å². The predicted octanol–water partition coefficient (Wildman–Crippen LogP) is 1.50. The van der Waals surface area contributed by atoms with Gasteiger partial charge in [0.25, 0.3) is 0 Å². The highest BCUT2D eigenvalue weighted by atomic mass is 32.2. The van der Waals surface area contributed by atoms with Crippen LogP contribution in [0.1, 0.15) is 0 Å². The zero-order chi connectivity index (χ0) is 20.9. The van der Waals surface area contributed by atoms with Crippen molar-refractivity contribution in [3.63, 3.8) is 0 Å². The molecule has 0 aliphatic heterocycles. The number of tetrazole rings is 2. The van der Waals surface area contributed by atoms with Gasteiger partial charge in [-0.05, 0) is 69.4 Å². The molecule has 30 heavy (non-hydrogen) atoms. The molecule has 0 saturated heterocycles. The zero-order valence-corrected chi connectivity index (χ0v) is 16.9. The molecule has 2 N–H and O–H groups in total. The number of rotatable bonds is 8. The van der Waals surface area contributed by atoms with E-state index in [1.807, 2.05) is 0 Å². The lowest BCUT2D eigenvalue weighted by molar-refractivity contribution is -0.114. The lowest BCUT2D eigenvalue weighted by Crippen LogP contribution is -2.08. The Labute approximate surface area is 178 Å². The van der Waals surface area contributed by atoms with E-state index in [0.29, 0.717) is 21.7 Å². The van der Waals surface area contributed by atoms with Gasteiger partial charge in [0, 0.05) is 0 Å². The van der Waals surface area contributed by atoms with Crippen molar-refractivity contribution in [3.05, 3.63) is 48.5 Å². The third-order valence-electron chi connectivity index (χ3n) is 3.79. The molecule has 2 aromatic heterocycles. The summed E-state index contributed by atoms with van der Waals surface area (Å²) in [5.41, 5.74) is 1.35. The summed E-state index contributed by atoms with van der Waals surface area (Å²) < 4.78 is 2.99. The van der Waals surface area contributed by atoms with E-state index in [0.717, 1.165) is 0 Å². The van der Waals surface area contributed by atoms with Gasteiger partial charge in [0.05, 0.1) is 22.9 Å². The van der Waals surface area contributed by atoms with Crippen molar-refractivity contribution >= 4 is 29.3 Å². The molecule has 0 radical (unpaired) electrons. The molecule has 0 amide bonds. The summed E-state index contributed by atoms with van der Waals surface area (Å²) >= 11 is 2.43. The molecule has 4 rings (SSSR count). The van der Waals surface area contributed by atoms with Crippen LogP contribution in [-0.4, -0.2) is 67.9 Å². The number of thioether (sulfide) groups is 2. The SMILES string of the molecule is O=C(CSc1nnnn1-c1ccc(O)cc1)CSc1nnnn1-c1ccc(O)cc1. The van der Waals surface area contributed by atoms with E-state index >= 15 is 0 Å². The Balaban J connectivity index is 1.35. The number of nitrogens with zero attached hydrogens (tertiary/aromatic N) is 8. The second-order valence-electron chi connectivity index (χ2n) is 5.90. The van der Waals surface area contributed by atoms with Gasteiger partial charge >= 0.3 is 0 Å². The number of carbonyl (C=O) groups is 1. The van der Waals surface area contributed by atoms with Gasteiger partial charge in [-0.15, -0.1) is 10.2 Å². The molecule has 0 fully saturated rings. The molecular weight excluding hydrogens is 428 g/mol. The Morgan fingerprint density at radius 1 is 0.733 bits per heavy atom. The van der Waals surface area contributed by atoms with Crippen LogP contribution in [0.15, 0.2) is 58.8 Å². The first-order valence-electron chi connectivity index (χ1n) is 8.53. The molecule has 0 atom stereocenters. The number of aromatic hydroxyl groups is 2. The van der Waals surface area contributed by atoms with Crippen LogP contribution in [0.2, 0.25) is 0 Å². The van der Waals surface area contributed by atoms with E-state index in [1.54, 1.807) is 24.3 Å². The maximum Gasteiger partial charge on any atom is 0.214 e. The molecule has 2 aromatic carbocycles. The fourth-order valence-electron chi connectivity index (χ4n) is 2.38. The number of aromatic nitrogens is 8. The molecule has 0 saturated carbocycles. The van der Waals surface area contributed by atoms with Gasteiger partial charge in [0.15, 0.2) is 5.78 Å². The van der Waals surface area contributed by atoms with Crippen LogP contribution in [0.25, 0.3) is 11.4 Å². The maximum atomic E-state index is 12.4. The number of phenols is 2. The lowest BCUT2D eigenvalue weighted by Gasteiger charge is -2.05. The van der Waals surface area contributed by atoms with Crippen molar-refractivity contribution in [1.82, 2.24) is 40.4 Å². The predicted molar refractivity (Wildman–Crippen MR) is 108 cm³/mol. The Hall–Kier alpha value is -3.45. The molecule has 152 valence electrons. The first-order chi connectivity index (χ1) is 14.6. The summed E-state index contributed by atoms with van der Waals surface area (Å²) in [5.74, 6) is 0.592. The Bertz CT molecular complexity index is 1050. The van der Waals surface area contributed by atoms with Gasteiger partial charge in [0.2, 0.25) is 10.3 Å². The van der Waals surface area contributed by atoms with Crippen LogP contribution in [0.4, 0.5) is 0 Å². The van der Waals surface area contributed by atoms with Gasteiger partial charge in [0.1, 0.15) is 11.5 Å². The summed E-state index contributed by atoms with van der Waals surface area (Å²) in [5, 5.41) is 42.8. The van der Waals surface area contributed by atoms with Crippen molar-refractivity contribution in [2.45, 2.75) is 10.3 Å².